The van der Waals surface area contributed by atoms with Gasteiger partial charge in [0.15, 0.2) is 11.5 Å². The van der Waals surface area contributed by atoms with Crippen LogP contribution in [0.4, 0.5) is 20.6 Å². The van der Waals surface area contributed by atoms with Crippen LogP contribution in [0.3, 0.4) is 0 Å². The maximum atomic E-state index is 14.8. The summed E-state index contributed by atoms with van der Waals surface area (Å²) in [5.74, 6) is 1.49. The number of benzene rings is 3. The van der Waals surface area contributed by atoms with Crippen LogP contribution in [0.2, 0.25) is 0 Å². The molecule has 0 aliphatic rings. The van der Waals surface area contributed by atoms with Gasteiger partial charge in [0.2, 0.25) is 0 Å². The molecule has 1 aromatic heterocycles. The zero-order valence-electron chi connectivity index (χ0n) is 19.9. The van der Waals surface area contributed by atoms with Crippen molar-refractivity contribution in [2.75, 3.05) is 24.9 Å². The summed E-state index contributed by atoms with van der Waals surface area (Å²) in [4.78, 5) is 16.7. The fourth-order valence-corrected chi connectivity index (χ4v) is 3.58. The summed E-state index contributed by atoms with van der Waals surface area (Å²) >= 11 is 0. The molecule has 4 aromatic rings. The number of fused-ring (bicyclic) bond motifs is 1. The molecular formula is C27H26FN3O4. The summed E-state index contributed by atoms with van der Waals surface area (Å²) in [6.45, 7) is 4.14. The smallest absolute Gasteiger partial charge is 0.323 e. The van der Waals surface area contributed by atoms with Crippen molar-refractivity contribution in [3.63, 3.8) is 0 Å². The van der Waals surface area contributed by atoms with Crippen LogP contribution in [0.5, 0.6) is 23.0 Å². The van der Waals surface area contributed by atoms with E-state index in [1.807, 2.05) is 18.2 Å². The lowest BCUT2D eigenvalue weighted by molar-refractivity contribution is 0.262. The number of pyridine rings is 1. The van der Waals surface area contributed by atoms with Crippen LogP contribution >= 0.6 is 0 Å². The van der Waals surface area contributed by atoms with Crippen molar-refractivity contribution in [1.29, 1.82) is 0 Å². The summed E-state index contributed by atoms with van der Waals surface area (Å²) in [5, 5.41) is 5.94. The molecule has 2 amide bonds. The standard InChI is InChI=1S/C27H26FN3O4/c1-16(2)17-6-5-7-18(12-17)30-27(32)31-22-9-8-19(13-21(22)28)35-24-10-11-29-23-15-26(34-4)25(33-3)14-20(23)24/h5-16H,1-4H3,(H2,30,31,32). The third kappa shape index (κ3) is 5.43. The molecule has 0 fully saturated rings. The number of ether oxygens (including phenoxy) is 3. The van der Waals surface area contributed by atoms with Crippen LogP contribution in [0.25, 0.3) is 10.9 Å². The predicted molar refractivity (Wildman–Crippen MR) is 134 cm³/mol. The first-order valence-corrected chi connectivity index (χ1v) is 11.0. The number of rotatable bonds is 7. The molecule has 0 atom stereocenters. The Hall–Kier alpha value is -4.33. The van der Waals surface area contributed by atoms with E-state index in [4.69, 9.17) is 14.2 Å². The molecule has 0 aliphatic carbocycles. The van der Waals surface area contributed by atoms with Gasteiger partial charge in [0.05, 0.1) is 25.4 Å². The minimum Gasteiger partial charge on any atom is -0.493 e. The van der Waals surface area contributed by atoms with E-state index in [2.05, 4.69) is 29.5 Å². The van der Waals surface area contributed by atoms with E-state index < -0.39 is 11.8 Å². The number of nitrogens with one attached hydrogen (secondary N) is 2. The highest BCUT2D eigenvalue weighted by molar-refractivity contribution is 6.00. The van der Waals surface area contributed by atoms with Gasteiger partial charge in [-0.1, -0.05) is 26.0 Å². The molecule has 35 heavy (non-hydrogen) atoms. The van der Waals surface area contributed by atoms with Crippen molar-refractivity contribution < 1.29 is 23.4 Å². The molecule has 3 aromatic carbocycles. The van der Waals surface area contributed by atoms with Crippen LogP contribution in [-0.4, -0.2) is 25.2 Å². The fraction of sp³-hybridized carbons (Fsp3) is 0.185. The Balaban J connectivity index is 1.50. The molecular weight excluding hydrogens is 449 g/mol. The molecule has 2 N–H and O–H groups in total. The van der Waals surface area contributed by atoms with Crippen molar-refractivity contribution in [2.24, 2.45) is 0 Å². The van der Waals surface area contributed by atoms with Crippen LogP contribution in [0.15, 0.2) is 66.9 Å². The Morgan fingerprint density at radius 3 is 2.40 bits per heavy atom. The number of urea groups is 1. The Labute approximate surface area is 202 Å². The van der Waals surface area contributed by atoms with Gasteiger partial charge in [0.25, 0.3) is 0 Å². The highest BCUT2D eigenvalue weighted by Crippen LogP contribution is 2.37. The van der Waals surface area contributed by atoms with Crippen LogP contribution in [0, 0.1) is 5.82 Å². The predicted octanol–water partition coefficient (Wildman–Crippen LogP) is 6.95. The van der Waals surface area contributed by atoms with Gasteiger partial charge < -0.3 is 24.8 Å². The SMILES string of the molecule is COc1cc2nccc(Oc3ccc(NC(=O)Nc4cccc(C(C)C)c4)c(F)c3)c2cc1OC. The van der Waals surface area contributed by atoms with Gasteiger partial charge in [-0.15, -0.1) is 0 Å². The molecule has 7 nitrogen and oxygen atoms in total. The van der Waals surface area contributed by atoms with Gasteiger partial charge in [-0.2, -0.15) is 0 Å². The van der Waals surface area contributed by atoms with Crippen molar-refractivity contribution in [1.82, 2.24) is 4.98 Å². The second-order valence-corrected chi connectivity index (χ2v) is 8.14. The maximum Gasteiger partial charge on any atom is 0.323 e. The number of carbonyl (C=O) groups excluding carboxylic acids is 1. The monoisotopic (exact) mass is 475 g/mol. The molecule has 0 saturated carbocycles. The van der Waals surface area contributed by atoms with E-state index >= 15 is 0 Å². The molecule has 180 valence electrons. The quantitative estimate of drug-likeness (QED) is 0.302. The van der Waals surface area contributed by atoms with Crippen LogP contribution in [0.1, 0.15) is 25.3 Å². The lowest BCUT2D eigenvalue weighted by Gasteiger charge is -2.13. The van der Waals surface area contributed by atoms with Gasteiger partial charge >= 0.3 is 6.03 Å². The normalized spacial score (nSPS) is 10.8. The fourth-order valence-electron chi connectivity index (χ4n) is 3.58. The van der Waals surface area contributed by atoms with E-state index in [-0.39, 0.29) is 11.4 Å². The summed E-state index contributed by atoms with van der Waals surface area (Å²) in [7, 11) is 3.09. The van der Waals surface area contributed by atoms with Crippen molar-refractivity contribution in [2.45, 2.75) is 19.8 Å². The van der Waals surface area contributed by atoms with Crippen LogP contribution in [-0.2, 0) is 0 Å². The molecule has 0 saturated heterocycles. The van der Waals surface area contributed by atoms with Gasteiger partial charge in [-0.05, 0) is 47.9 Å². The van der Waals surface area contributed by atoms with E-state index in [1.165, 1.54) is 12.1 Å². The zero-order chi connectivity index (χ0) is 24.9. The number of nitrogens with zero attached hydrogens (tertiary/aromatic N) is 1. The summed E-state index contributed by atoms with van der Waals surface area (Å²) in [5.41, 5.74) is 2.39. The first kappa shape index (κ1) is 23.8. The third-order valence-electron chi connectivity index (χ3n) is 5.43. The third-order valence-corrected chi connectivity index (χ3v) is 5.43. The maximum absolute atomic E-state index is 14.8. The largest absolute Gasteiger partial charge is 0.493 e. The molecule has 0 unspecified atom stereocenters. The lowest BCUT2D eigenvalue weighted by Crippen LogP contribution is -2.20. The number of carbonyl (C=O) groups is 1. The molecule has 0 spiro atoms. The second-order valence-electron chi connectivity index (χ2n) is 8.14. The highest BCUT2D eigenvalue weighted by Gasteiger charge is 2.13. The number of amides is 2. The topological polar surface area (TPSA) is 81.7 Å². The molecule has 0 radical (unpaired) electrons. The molecule has 0 bridgehead atoms. The van der Waals surface area contributed by atoms with Gasteiger partial charge in [-0.3, -0.25) is 4.98 Å². The zero-order valence-corrected chi connectivity index (χ0v) is 19.9. The van der Waals surface area contributed by atoms with E-state index in [0.29, 0.717) is 39.8 Å². The molecule has 0 aliphatic heterocycles. The van der Waals surface area contributed by atoms with Gasteiger partial charge in [0, 0.05) is 29.4 Å². The van der Waals surface area contributed by atoms with Crippen molar-refractivity contribution in [3.05, 3.63) is 78.2 Å². The second kappa shape index (κ2) is 10.3. The number of aromatic nitrogens is 1. The van der Waals surface area contributed by atoms with Crippen molar-refractivity contribution in [3.8, 4) is 23.0 Å². The first-order valence-electron chi connectivity index (χ1n) is 11.0. The van der Waals surface area contributed by atoms with Gasteiger partial charge in [-0.25, -0.2) is 9.18 Å². The number of methoxy groups -OCH3 is 2. The Bertz CT molecular complexity index is 1370. The first-order chi connectivity index (χ1) is 16.9. The average Bonchev–Trinajstić information content (AvgIpc) is 2.85. The summed E-state index contributed by atoms with van der Waals surface area (Å²) in [6, 6.07) is 16.4. The van der Waals surface area contributed by atoms with E-state index in [0.717, 1.165) is 5.56 Å². The number of anilines is 2. The van der Waals surface area contributed by atoms with Gasteiger partial charge in [0.1, 0.15) is 17.3 Å². The minimum absolute atomic E-state index is 0.0286. The Morgan fingerprint density at radius 2 is 1.69 bits per heavy atom. The van der Waals surface area contributed by atoms with Crippen molar-refractivity contribution >= 4 is 28.3 Å². The molecule has 1 heterocycles. The van der Waals surface area contributed by atoms with Crippen LogP contribution < -0.4 is 24.8 Å². The minimum atomic E-state index is -0.633. The highest BCUT2D eigenvalue weighted by atomic mass is 19.1. The number of hydrogen-bond acceptors (Lipinski definition) is 5. The Kier molecular flexibility index (Phi) is 7.01. The molecule has 8 heteroatoms. The lowest BCUT2D eigenvalue weighted by atomic mass is 10.0. The van der Waals surface area contributed by atoms with E-state index in [1.54, 1.807) is 50.7 Å². The molecule has 4 rings (SSSR count). The Morgan fingerprint density at radius 1 is 0.914 bits per heavy atom. The van der Waals surface area contributed by atoms with E-state index in [9.17, 15) is 9.18 Å². The summed E-state index contributed by atoms with van der Waals surface area (Å²) < 4.78 is 31.4. The average molecular weight is 476 g/mol. The number of hydrogen-bond donors (Lipinski definition) is 2. The number of halogens is 1. The summed E-state index contributed by atoms with van der Waals surface area (Å²) in [6.07, 6.45) is 1.59.